The Morgan fingerprint density at radius 1 is 1.33 bits per heavy atom. The third kappa shape index (κ3) is 3.35. The zero-order valence-electron chi connectivity index (χ0n) is 15.2. The Hall–Kier alpha value is -3.36. The van der Waals surface area contributed by atoms with E-state index in [9.17, 15) is 14.4 Å². The fourth-order valence-electron chi connectivity index (χ4n) is 3.04. The molecule has 9 heteroatoms. The molecule has 1 aliphatic heterocycles. The van der Waals surface area contributed by atoms with E-state index in [1.165, 1.54) is 6.07 Å². The Kier molecular flexibility index (Phi) is 4.85. The summed E-state index contributed by atoms with van der Waals surface area (Å²) in [4.78, 5) is 38.5. The van der Waals surface area contributed by atoms with Crippen molar-refractivity contribution in [2.75, 3.05) is 19.0 Å². The molecule has 0 spiro atoms. The number of aryl methyl sites for hydroxylation is 1. The minimum atomic E-state index is -1.21. The lowest BCUT2D eigenvalue weighted by Gasteiger charge is -2.25. The SMILES string of the molecule is CCC1(c2ccc(OC)cc2)NC(=O)N(CC(=O)Nc2cc(C)on2)C1=O. The monoisotopic (exact) mass is 372 g/mol. The lowest BCUT2D eigenvalue weighted by atomic mass is 9.87. The van der Waals surface area contributed by atoms with Gasteiger partial charge in [0.2, 0.25) is 5.91 Å². The van der Waals surface area contributed by atoms with Crippen LogP contribution >= 0.6 is 0 Å². The number of benzene rings is 1. The van der Waals surface area contributed by atoms with Crippen LogP contribution in [0.2, 0.25) is 0 Å². The van der Waals surface area contributed by atoms with Gasteiger partial charge >= 0.3 is 6.03 Å². The highest BCUT2D eigenvalue weighted by atomic mass is 16.5. The largest absolute Gasteiger partial charge is 0.497 e. The highest BCUT2D eigenvalue weighted by Crippen LogP contribution is 2.33. The zero-order chi connectivity index (χ0) is 19.6. The molecule has 1 saturated heterocycles. The first kappa shape index (κ1) is 18.4. The van der Waals surface area contributed by atoms with E-state index in [0.717, 1.165) is 4.90 Å². The van der Waals surface area contributed by atoms with Crippen LogP contribution in [0.1, 0.15) is 24.7 Å². The molecule has 0 saturated carbocycles. The minimum absolute atomic E-state index is 0.224. The Morgan fingerprint density at radius 2 is 2.04 bits per heavy atom. The third-order valence-electron chi connectivity index (χ3n) is 4.49. The number of anilines is 1. The summed E-state index contributed by atoms with van der Waals surface area (Å²) in [6.07, 6.45) is 0.338. The van der Waals surface area contributed by atoms with Gasteiger partial charge in [-0.15, -0.1) is 0 Å². The molecule has 27 heavy (non-hydrogen) atoms. The summed E-state index contributed by atoms with van der Waals surface area (Å²) < 4.78 is 10.00. The highest BCUT2D eigenvalue weighted by Gasteiger charge is 2.51. The van der Waals surface area contributed by atoms with Gasteiger partial charge in [0, 0.05) is 6.07 Å². The second kappa shape index (κ2) is 7.10. The molecule has 0 radical (unpaired) electrons. The average molecular weight is 372 g/mol. The molecule has 142 valence electrons. The van der Waals surface area contributed by atoms with Crippen molar-refractivity contribution >= 4 is 23.7 Å². The lowest BCUT2D eigenvalue weighted by molar-refractivity contribution is -0.134. The van der Waals surface area contributed by atoms with Gasteiger partial charge in [0.15, 0.2) is 5.82 Å². The fourth-order valence-corrected chi connectivity index (χ4v) is 3.04. The summed E-state index contributed by atoms with van der Waals surface area (Å²) in [5.41, 5.74) is -0.590. The number of amides is 4. The molecule has 1 fully saturated rings. The molecule has 9 nitrogen and oxygen atoms in total. The van der Waals surface area contributed by atoms with E-state index in [-0.39, 0.29) is 5.82 Å². The molecule has 0 bridgehead atoms. The van der Waals surface area contributed by atoms with Gasteiger partial charge in [-0.05, 0) is 31.0 Å². The van der Waals surface area contributed by atoms with E-state index >= 15 is 0 Å². The molecule has 4 amide bonds. The molecule has 1 aliphatic rings. The smallest absolute Gasteiger partial charge is 0.325 e. The van der Waals surface area contributed by atoms with E-state index in [1.54, 1.807) is 45.2 Å². The van der Waals surface area contributed by atoms with Crippen LogP contribution < -0.4 is 15.4 Å². The Bertz CT molecular complexity index is 876. The van der Waals surface area contributed by atoms with Crippen LogP contribution in [0.5, 0.6) is 5.75 Å². The van der Waals surface area contributed by atoms with Crippen LogP contribution in [0.3, 0.4) is 0 Å². The average Bonchev–Trinajstić information content (AvgIpc) is 3.17. The number of imide groups is 1. The topological polar surface area (TPSA) is 114 Å². The summed E-state index contributed by atoms with van der Waals surface area (Å²) in [5, 5.41) is 8.88. The molecule has 1 aromatic heterocycles. The Morgan fingerprint density at radius 3 is 2.59 bits per heavy atom. The standard InChI is InChI=1S/C18H20N4O5/c1-4-18(12-5-7-13(26-3)8-6-12)16(24)22(17(25)20-18)10-15(23)19-14-9-11(2)27-21-14/h5-9H,4,10H2,1-3H3,(H,20,25)(H,19,21,23). The number of carbonyl (C=O) groups is 3. The van der Waals surface area contributed by atoms with Gasteiger partial charge in [-0.1, -0.05) is 24.2 Å². The number of methoxy groups -OCH3 is 1. The summed E-state index contributed by atoms with van der Waals surface area (Å²) in [7, 11) is 1.55. The van der Waals surface area contributed by atoms with Crippen molar-refractivity contribution in [3.05, 3.63) is 41.7 Å². The number of rotatable bonds is 6. The van der Waals surface area contributed by atoms with Crippen molar-refractivity contribution in [1.82, 2.24) is 15.4 Å². The van der Waals surface area contributed by atoms with Crippen molar-refractivity contribution < 1.29 is 23.6 Å². The van der Waals surface area contributed by atoms with Gasteiger partial charge in [-0.2, -0.15) is 0 Å². The molecule has 2 N–H and O–H groups in total. The quantitative estimate of drug-likeness (QED) is 0.747. The predicted octanol–water partition coefficient (Wildman–Crippen LogP) is 1.79. The van der Waals surface area contributed by atoms with Crippen LogP contribution in [-0.2, 0) is 15.1 Å². The molecule has 2 aromatic rings. The van der Waals surface area contributed by atoms with E-state index in [0.29, 0.717) is 23.5 Å². The van der Waals surface area contributed by atoms with Gasteiger partial charge in [0.25, 0.3) is 5.91 Å². The maximum absolute atomic E-state index is 13.0. The second-order valence-corrected chi connectivity index (χ2v) is 6.18. The number of aromatic nitrogens is 1. The van der Waals surface area contributed by atoms with Crippen molar-refractivity contribution in [2.45, 2.75) is 25.8 Å². The van der Waals surface area contributed by atoms with Crippen LogP contribution in [-0.4, -0.2) is 41.6 Å². The van der Waals surface area contributed by atoms with E-state index in [2.05, 4.69) is 15.8 Å². The number of hydrogen-bond donors (Lipinski definition) is 2. The summed E-state index contributed by atoms with van der Waals surface area (Å²) in [5.74, 6) is 0.368. The first-order chi connectivity index (χ1) is 12.9. The van der Waals surface area contributed by atoms with Crippen molar-refractivity contribution in [3.63, 3.8) is 0 Å². The first-order valence-electron chi connectivity index (χ1n) is 8.41. The summed E-state index contributed by atoms with van der Waals surface area (Å²) >= 11 is 0. The summed E-state index contributed by atoms with van der Waals surface area (Å²) in [6.45, 7) is 3.06. The molecule has 3 rings (SSSR count). The molecule has 2 heterocycles. The molecule has 1 atom stereocenters. The lowest BCUT2D eigenvalue weighted by Crippen LogP contribution is -2.44. The van der Waals surface area contributed by atoms with Gasteiger partial charge in [-0.25, -0.2) is 4.79 Å². The van der Waals surface area contributed by atoms with Crippen LogP contribution in [0.15, 0.2) is 34.9 Å². The number of nitrogens with one attached hydrogen (secondary N) is 2. The second-order valence-electron chi connectivity index (χ2n) is 6.18. The van der Waals surface area contributed by atoms with Gasteiger partial charge in [0.05, 0.1) is 7.11 Å². The van der Waals surface area contributed by atoms with Crippen LogP contribution in [0.4, 0.5) is 10.6 Å². The summed E-state index contributed by atoms with van der Waals surface area (Å²) in [6, 6.07) is 7.80. The first-order valence-corrected chi connectivity index (χ1v) is 8.41. The molecular formula is C18H20N4O5. The molecule has 1 unspecified atom stereocenters. The van der Waals surface area contributed by atoms with Gasteiger partial charge in [0.1, 0.15) is 23.6 Å². The third-order valence-corrected chi connectivity index (χ3v) is 4.49. The maximum Gasteiger partial charge on any atom is 0.325 e. The van der Waals surface area contributed by atoms with Crippen LogP contribution in [0.25, 0.3) is 0 Å². The van der Waals surface area contributed by atoms with Crippen molar-refractivity contribution in [3.8, 4) is 5.75 Å². The number of carbonyl (C=O) groups excluding carboxylic acids is 3. The molecular weight excluding hydrogens is 352 g/mol. The van der Waals surface area contributed by atoms with Crippen molar-refractivity contribution in [2.24, 2.45) is 0 Å². The number of nitrogens with zero attached hydrogens (tertiary/aromatic N) is 2. The number of urea groups is 1. The molecule has 1 aromatic carbocycles. The van der Waals surface area contributed by atoms with E-state index in [4.69, 9.17) is 9.26 Å². The number of hydrogen-bond acceptors (Lipinski definition) is 6. The zero-order valence-corrected chi connectivity index (χ0v) is 15.2. The predicted molar refractivity (Wildman–Crippen MR) is 95.1 cm³/mol. The van der Waals surface area contributed by atoms with Gasteiger partial charge in [-0.3, -0.25) is 14.5 Å². The molecule has 0 aliphatic carbocycles. The Labute approximate surface area is 155 Å². The van der Waals surface area contributed by atoms with Crippen molar-refractivity contribution in [1.29, 1.82) is 0 Å². The minimum Gasteiger partial charge on any atom is -0.497 e. The van der Waals surface area contributed by atoms with Crippen LogP contribution in [0, 0.1) is 6.92 Å². The normalized spacial score (nSPS) is 19.1. The highest BCUT2D eigenvalue weighted by molar-refractivity contribution is 6.10. The van der Waals surface area contributed by atoms with Gasteiger partial charge < -0.3 is 19.9 Å². The van der Waals surface area contributed by atoms with E-state index in [1.807, 2.05) is 0 Å². The van der Waals surface area contributed by atoms with E-state index < -0.39 is 29.9 Å². The number of ether oxygens (including phenoxy) is 1. The fraction of sp³-hybridized carbons (Fsp3) is 0.333. The maximum atomic E-state index is 13.0. The Balaban J connectivity index is 1.78.